The minimum Gasteiger partial charge on any atom is -0.481 e. The van der Waals surface area contributed by atoms with Crippen LogP contribution in [0.1, 0.15) is 5.56 Å². The van der Waals surface area contributed by atoms with E-state index in [-0.39, 0.29) is 13.1 Å². The van der Waals surface area contributed by atoms with E-state index in [1.807, 2.05) is 0 Å². The second kappa shape index (κ2) is 5.73. The molecule has 1 heterocycles. The topological polar surface area (TPSA) is 40.5 Å². The van der Waals surface area contributed by atoms with Gasteiger partial charge in [-0.3, -0.25) is 9.69 Å². The number of benzene rings is 1. The number of carboxylic acids is 1. The average Bonchev–Trinajstić information content (AvgIpc) is 2.76. The fourth-order valence-corrected chi connectivity index (χ4v) is 2.71. The van der Waals surface area contributed by atoms with Gasteiger partial charge in [0.05, 0.1) is 11.8 Å². The van der Waals surface area contributed by atoms with Crippen LogP contribution in [0.5, 0.6) is 0 Å². The second-order valence-electron chi connectivity index (χ2n) is 4.91. The van der Waals surface area contributed by atoms with E-state index in [1.165, 1.54) is 0 Å². The van der Waals surface area contributed by atoms with Gasteiger partial charge in [0, 0.05) is 24.1 Å². The van der Waals surface area contributed by atoms with E-state index in [2.05, 4.69) is 15.9 Å². The SMILES string of the molecule is O=C(O)[C@@H]1CN(Cc2ccc(Br)cc2)C[C@H]1C(F)(F)F. The molecule has 0 spiro atoms. The van der Waals surface area contributed by atoms with Crippen molar-refractivity contribution < 1.29 is 23.1 Å². The molecule has 2 rings (SSSR count). The summed E-state index contributed by atoms with van der Waals surface area (Å²) < 4.78 is 39.4. The lowest BCUT2D eigenvalue weighted by atomic mass is 9.96. The number of likely N-dealkylation sites (tertiary alicyclic amines) is 1. The van der Waals surface area contributed by atoms with Crippen LogP contribution in [0.25, 0.3) is 0 Å². The first kappa shape index (κ1) is 15.3. The van der Waals surface area contributed by atoms with E-state index in [1.54, 1.807) is 29.2 Å². The van der Waals surface area contributed by atoms with E-state index in [0.717, 1.165) is 10.0 Å². The highest BCUT2D eigenvalue weighted by atomic mass is 79.9. The monoisotopic (exact) mass is 351 g/mol. The number of aliphatic carboxylic acids is 1. The number of hydrogen-bond donors (Lipinski definition) is 1. The molecule has 20 heavy (non-hydrogen) atoms. The summed E-state index contributed by atoms with van der Waals surface area (Å²) in [6.45, 7) is -0.0181. The highest BCUT2D eigenvalue weighted by Gasteiger charge is 2.52. The molecule has 1 N–H and O–H groups in total. The molecule has 3 nitrogen and oxygen atoms in total. The number of halogens is 4. The summed E-state index contributed by atoms with van der Waals surface area (Å²) in [7, 11) is 0. The van der Waals surface area contributed by atoms with Crippen molar-refractivity contribution in [3.8, 4) is 0 Å². The Morgan fingerprint density at radius 3 is 2.35 bits per heavy atom. The average molecular weight is 352 g/mol. The Morgan fingerprint density at radius 1 is 1.30 bits per heavy atom. The van der Waals surface area contributed by atoms with Crippen LogP contribution >= 0.6 is 15.9 Å². The number of carboxylic acid groups (broad SMARTS) is 1. The standard InChI is InChI=1S/C13H13BrF3NO2/c14-9-3-1-8(2-4-9)5-18-6-10(12(19)20)11(7-18)13(15,16)17/h1-4,10-11H,5-7H2,(H,19,20)/t10-,11-/m1/s1. The summed E-state index contributed by atoms with van der Waals surface area (Å²) >= 11 is 3.28. The third-order valence-electron chi connectivity index (χ3n) is 3.45. The van der Waals surface area contributed by atoms with Gasteiger partial charge in [-0.2, -0.15) is 13.2 Å². The van der Waals surface area contributed by atoms with Crippen LogP contribution in [0, 0.1) is 11.8 Å². The minimum absolute atomic E-state index is 0.0738. The first-order valence-electron chi connectivity index (χ1n) is 6.03. The fourth-order valence-electron chi connectivity index (χ4n) is 2.44. The molecule has 1 fully saturated rings. The maximum atomic E-state index is 12.8. The van der Waals surface area contributed by atoms with Gasteiger partial charge in [-0.15, -0.1) is 0 Å². The first-order chi connectivity index (χ1) is 9.27. The van der Waals surface area contributed by atoms with E-state index < -0.39 is 24.0 Å². The second-order valence-corrected chi connectivity index (χ2v) is 5.83. The van der Waals surface area contributed by atoms with E-state index in [0.29, 0.717) is 6.54 Å². The molecular weight excluding hydrogens is 339 g/mol. The van der Waals surface area contributed by atoms with Crippen LogP contribution in [-0.4, -0.2) is 35.2 Å². The van der Waals surface area contributed by atoms with Gasteiger partial charge < -0.3 is 5.11 Å². The molecule has 0 amide bonds. The van der Waals surface area contributed by atoms with Gasteiger partial charge in [0.2, 0.25) is 0 Å². The normalized spacial score (nSPS) is 24.0. The molecule has 0 bridgehead atoms. The van der Waals surface area contributed by atoms with Crippen molar-refractivity contribution in [1.29, 1.82) is 0 Å². The summed E-state index contributed by atoms with van der Waals surface area (Å²) in [5, 5.41) is 8.93. The Labute approximate surface area is 122 Å². The predicted octanol–water partition coefficient (Wildman–Crippen LogP) is 3.14. The molecule has 1 aromatic carbocycles. The number of hydrogen-bond acceptors (Lipinski definition) is 2. The number of alkyl halides is 3. The van der Waals surface area contributed by atoms with Crippen molar-refractivity contribution in [3.05, 3.63) is 34.3 Å². The summed E-state index contributed by atoms with van der Waals surface area (Å²) in [6.07, 6.45) is -4.47. The molecule has 110 valence electrons. The lowest BCUT2D eigenvalue weighted by Crippen LogP contribution is -2.33. The molecular formula is C13H13BrF3NO2. The Kier molecular flexibility index (Phi) is 4.39. The highest BCUT2D eigenvalue weighted by molar-refractivity contribution is 9.10. The van der Waals surface area contributed by atoms with Crippen molar-refractivity contribution in [2.45, 2.75) is 12.7 Å². The van der Waals surface area contributed by atoms with Crippen LogP contribution in [0.2, 0.25) is 0 Å². The van der Waals surface area contributed by atoms with E-state index in [9.17, 15) is 18.0 Å². The molecule has 1 aliphatic heterocycles. The maximum absolute atomic E-state index is 12.8. The zero-order chi connectivity index (χ0) is 14.9. The van der Waals surface area contributed by atoms with Gasteiger partial charge in [-0.1, -0.05) is 28.1 Å². The van der Waals surface area contributed by atoms with Crippen LogP contribution in [-0.2, 0) is 11.3 Å². The lowest BCUT2D eigenvalue weighted by Gasteiger charge is -2.18. The van der Waals surface area contributed by atoms with E-state index in [4.69, 9.17) is 5.11 Å². The first-order valence-corrected chi connectivity index (χ1v) is 6.83. The Hall–Kier alpha value is -1.08. The van der Waals surface area contributed by atoms with Crippen molar-refractivity contribution in [1.82, 2.24) is 4.90 Å². The van der Waals surface area contributed by atoms with Gasteiger partial charge in [0.15, 0.2) is 0 Å². The smallest absolute Gasteiger partial charge is 0.393 e. The summed E-state index contributed by atoms with van der Waals surface area (Å²) in [5.41, 5.74) is 0.861. The lowest BCUT2D eigenvalue weighted by molar-refractivity contribution is -0.188. The van der Waals surface area contributed by atoms with Gasteiger partial charge in [0.1, 0.15) is 0 Å². The van der Waals surface area contributed by atoms with Crippen molar-refractivity contribution >= 4 is 21.9 Å². The van der Waals surface area contributed by atoms with Gasteiger partial charge in [-0.25, -0.2) is 0 Å². The molecule has 7 heteroatoms. The number of carbonyl (C=O) groups is 1. The molecule has 1 aromatic rings. The van der Waals surface area contributed by atoms with Crippen molar-refractivity contribution in [2.24, 2.45) is 11.8 Å². The van der Waals surface area contributed by atoms with Gasteiger partial charge in [-0.05, 0) is 17.7 Å². The predicted molar refractivity (Wildman–Crippen MR) is 70.1 cm³/mol. The van der Waals surface area contributed by atoms with Crippen LogP contribution in [0.4, 0.5) is 13.2 Å². The molecule has 0 saturated carbocycles. The summed E-state index contributed by atoms with van der Waals surface area (Å²) in [4.78, 5) is 12.5. The van der Waals surface area contributed by atoms with Gasteiger partial charge >= 0.3 is 12.1 Å². The molecule has 0 aromatic heterocycles. The number of nitrogens with zero attached hydrogens (tertiary/aromatic N) is 1. The third-order valence-corrected chi connectivity index (χ3v) is 3.98. The molecule has 2 atom stereocenters. The largest absolute Gasteiger partial charge is 0.481 e. The maximum Gasteiger partial charge on any atom is 0.393 e. The third kappa shape index (κ3) is 3.52. The highest BCUT2D eigenvalue weighted by Crippen LogP contribution is 2.38. The minimum atomic E-state index is -4.47. The fraction of sp³-hybridized carbons (Fsp3) is 0.462. The van der Waals surface area contributed by atoms with Crippen molar-refractivity contribution in [3.63, 3.8) is 0 Å². The number of rotatable bonds is 3. The molecule has 1 saturated heterocycles. The Balaban J connectivity index is 2.08. The molecule has 1 aliphatic rings. The van der Waals surface area contributed by atoms with Crippen molar-refractivity contribution in [2.75, 3.05) is 13.1 Å². The molecule has 0 radical (unpaired) electrons. The Bertz CT molecular complexity index is 489. The zero-order valence-corrected chi connectivity index (χ0v) is 12.0. The van der Waals surface area contributed by atoms with Crippen LogP contribution < -0.4 is 0 Å². The van der Waals surface area contributed by atoms with Crippen LogP contribution in [0.15, 0.2) is 28.7 Å². The summed E-state index contributed by atoms with van der Waals surface area (Å²) in [6, 6.07) is 7.23. The zero-order valence-electron chi connectivity index (χ0n) is 10.4. The van der Waals surface area contributed by atoms with Gasteiger partial charge in [0.25, 0.3) is 0 Å². The molecule has 0 unspecified atom stereocenters. The summed E-state index contributed by atoms with van der Waals surface area (Å²) in [5.74, 6) is -4.56. The van der Waals surface area contributed by atoms with E-state index >= 15 is 0 Å². The van der Waals surface area contributed by atoms with Crippen LogP contribution in [0.3, 0.4) is 0 Å². The quantitative estimate of drug-likeness (QED) is 0.909. The molecule has 0 aliphatic carbocycles. The Morgan fingerprint density at radius 2 is 1.90 bits per heavy atom.